The number of aromatic nitrogens is 2. The highest BCUT2D eigenvalue weighted by atomic mass is 16.3. The second-order valence-electron chi connectivity index (χ2n) is 8.32. The van der Waals surface area contributed by atoms with E-state index in [2.05, 4.69) is 0 Å². The summed E-state index contributed by atoms with van der Waals surface area (Å²) in [4.78, 5) is 77.7. The summed E-state index contributed by atoms with van der Waals surface area (Å²) in [7, 11) is 4.93. The largest absolute Gasteiger partial charge is 0.859 e. The zero-order valence-electron chi connectivity index (χ0n) is 19.9. The van der Waals surface area contributed by atoms with Gasteiger partial charge in [-0.25, -0.2) is 9.59 Å². The number of nitrogens with zero attached hydrogens (tertiary/aromatic N) is 5. The third-order valence-electron chi connectivity index (χ3n) is 6.04. The fourth-order valence-electron chi connectivity index (χ4n) is 3.81. The van der Waals surface area contributed by atoms with Crippen LogP contribution in [0.5, 0.6) is 5.88 Å². The highest BCUT2D eigenvalue weighted by Crippen LogP contribution is 2.18. The van der Waals surface area contributed by atoms with Gasteiger partial charge in [-0.1, -0.05) is 0 Å². The maximum absolute atomic E-state index is 13.2. The van der Waals surface area contributed by atoms with Gasteiger partial charge in [0.05, 0.1) is 0 Å². The standard InChI is InChI=1S/C23H27N5O7/c1-24-18(30)15(19(31)25(2)22(24)34)10-8-14(17(29)28-12-6-5-7-13-28)9-11-16-20(32)26(3)23(35)27(4)21(16)33/h8-11,30H,5-7,12-13H2,1-4H3/p-1/b10-8+,14-9-. The van der Waals surface area contributed by atoms with Gasteiger partial charge in [0.1, 0.15) is 5.57 Å². The lowest BCUT2D eigenvalue weighted by Gasteiger charge is -2.29. The van der Waals surface area contributed by atoms with Crippen LogP contribution in [0.15, 0.2) is 39.0 Å². The average Bonchev–Trinajstić information content (AvgIpc) is 2.87. The van der Waals surface area contributed by atoms with Crippen LogP contribution in [0.25, 0.3) is 6.08 Å². The van der Waals surface area contributed by atoms with Gasteiger partial charge in [-0.05, 0) is 49.4 Å². The maximum Gasteiger partial charge on any atom is 0.333 e. The number of hydrogen-bond donors (Lipinski definition) is 0. The molecule has 3 heterocycles. The second kappa shape index (κ2) is 9.95. The molecule has 12 heteroatoms. The predicted octanol–water partition coefficient (Wildman–Crippen LogP) is -0.913. The number of likely N-dealkylation sites (tertiary alicyclic amines) is 1. The molecule has 1 aromatic heterocycles. The number of imide groups is 2. The molecule has 186 valence electrons. The van der Waals surface area contributed by atoms with Crippen LogP contribution in [0.1, 0.15) is 24.8 Å². The molecule has 0 atom stereocenters. The minimum absolute atomic E-state index is 0.0116. The van der Waals surface area contributed by atoms with Crippen molar-refractivity contribution in [1.29, 1.82) is 0 Å². The van der Waals surface area contributed by atoms with Crippen molar-refractivity contribution in [3.05, 3.63) is 55.8 Å². The van der Waals surface area contributed by atoms with Crippen molar-refractivity contribution in [2.45, 2.75) is 19.3 Å². The molecule has 35 heavy (non-hydrogen) atoms. The van der Waals surface area contributed by atoms with Gasteiger partial charge in [-0.2, -0.15) is 0 Å². The van der Waals surface area contributed by atoms with Crippen molar-refractivity contribution in [3.63, 3.8) is 0 Å². The summed E-state index contributed by atoms with van der Waals surface area (Å²) in [5, 5.41) is 12.5. The zero-order chi connectivity index (χ0) is 26.0. The summed E-state index contributed by atoms with van der Waals surface area (Å²) in [5.74, 6) is -2.88. The van der Waals surface area contributed by atoms with E-state index < -0.39 is 40.9 Å². The van der Waals surface area contributed by atoms with Crippen LogP contribution in [0.3, 0.4) is 0 Å². The SMILES string of the molecule is CN1C(=O)C(=C/C=C(/C=C/c2c([O-])n(C)c(=O)n(C)c2=O)C(=O)N2CCCCC2)C(=O)N(C)C1=O. The number of amides is 5. The van der Waals surface area contributed by atoms with Crippen LogP contribution in [0.2, 0.25) is 0 Å². The molecule has 2 fully saturated rings. The Bertz CT molecular complexity index is 1280. The van der Waals surface area contributed by atoms with Crippen molar-refractivity contribution in [2.24, 2.45) is 14.1 Å². The van der Waals surface area contributed by atoms with Crippen molar-refractivity contribution in [2.75, 3.05) is 27.2 Å². The van der Waals surface area contributed by atoms with E-state index in [1.807, 2.05) is 0 Å². The summed E-state index contributed by atoms with van der Waals surface area (Å²) in [6.45, 7) is 1.01. The Kier molecular flexibility index (Phi) is 7.22. The molecule has 0 N–H and O–H groups in total. The van der Waals surface area contributed by atoms with E-state index in [-0.39, 0.29) is 16.7 Å². The third-order valence-corrected chi connectivity index (χ3v) is 6.04. The summed E-state index contributed by atoms with van der Waals surface area (Å²) < 4.78 is 1.56. The van der Waals surface area contributed by atoms with Crippen LogP contribution < -0.4 is 16.4 Å². The lowest BCUT2D eigenvalue weighted by Crippen LogP contribution is -2.53. The van der Waals surface area contributed by atoms with E-state index in [1.165, 1.54) is 40.3 Å². The van der Waals surface area contributed by atoms with Crippen LogP contribution in [0, 0.1) is 0 Å². The molecule has 0 unspecified atom stereocenters. The quantitative estimate of drug-likeness (QED) is 0.305. The number of carbonyl (C=O) groups excluding carboxylic acids is 4. The smallest absolute Gasteiger partial charge is 0.333 e. The van der Waals surface area contributed by atoms with Crippen molar-refractivity contribution < 1.29 is 24.3 Å². The fraction of sp³-hybridized carbons (Fsp3) is 0.391. The first-order chi connectivity index (χ1) is 16.5. The van der Waals surface area contributed by atoms with E-state index >= 15 is 0 Å². The number of likely N-dealkylation sites (N-methyl/N-ethyl adjacent to an activating group) is 2. The minimum atomic E-state index is -0.822. The molecule has 3 rings (SSSR count). The summed E-state index contributed by atoms with van der Waals surface area (Å²) in [6.07, 6.45) is 7.37. The lowest BCUT2D eigenvalue weighted by molar-refractivity contribution is -0.280. The molecule has 0 aliphatic carbocycles. The summed E-state index contributed by atoms with van der Waals surface area (Å²) >= 11 is 0. The Labute approximate surface area is 200 Å². The van der Waals surface area contributed by atoms with Gasteiger partial charge >= 0.3 is 11.7 Å². The molecular formula is C23H26N5O7-. The van der Waals surface area contributed by atoms with Gasteiger partial charge < -0.3 is 14.6 Å². The van der Waals surface area contributed by atoms with E-state index in [0.29, 0.717) is 13.1 Å². The first kappa shape index (κ1) is 25.4. The second-order valence-corrected chi connectivity index (χ2v) is 8.32. The van der Waals surface area contributed by atoms with Gasteiger partial charge in [-0.3, -0.25) is 33.5 Å². The summed E-state index contributed by atoms with van der Waals surface area (Å²) in [6, 6.07) is -0.779. The van der Waals surface area contributed by atoms with Crippen molar-refractivity contribution in [3.8, 4) is 5.88 Å². The molecule has 0 spiro atoms. The summed E-state index contributed by atoms with van der Waals surface area (Å²) in [5.41, 5.74) is -2.24. The van der Waals surface area contributed by atoms with Crippen LogP contribution in [0.4, 0.5) is 4.79 Å². The number of rotatable bonds is 4. The van der Waals surface area contributed by atoms with E-state index in [0.717, 1.165) is 50.3 Å². The highest BCUT2D eigenvalue weighted by Gasteiger charge is 2.37. The molecule has 2 saturated heterocycles. The minimum Gasteiger partial charge on any atom is -0.859 e. The normalized spacial score (nSPS) is 17.6. The molecular weight excluding hydrogens is 458 g/mol. The predicted molar refractivity (Wildman–Crippen MR) is 123 cm³/mol. The fourth-order valence-corrected chi connectivity index (χ4v) is 3.81. The Balaban J connectivity index is 2.09. The molecule has 0 saturated carbocycles. The first-order valence-corrected chi connectivity index (χ1v) is 10.9. The van der Waals surface area contributed by atoms with E-state index in [4.69, 9.17) is 0 Å². The van der Waals surface area contributed by atoms with Gasteiger partial charge in [-0.15, -0.1) is 0 Å². The van der Waals surface area contributed by atoms with Crippen LogP contribution >= 0.6 is 0 Å². The van der Waals surface area contributed by atoms with Crippen molar-refractivity contribution >= 4 is 29.8 Å². The topological polar surface area (TPSA) is 145 Å². The Hall–Kier alpha value is -4.22. The maximum atomic E-state index is 13.2. The Morgan fingerprint density at radius 3 is 2.00 bits per heavy atom. The monoisotopic (exact) mass is 484 g/mol. The lowest BCUT2D eigenvalue weighted by atomic mass is 10.1. The molecule has 1 aromatic rings. The number of barbiturate groups is 1. The number of piperidine rings is 1. The zero-order valence-corrected chi connectivity index (χ0v) is 19.9. The molecule has 12 nitrogen and oxygen atoms in total. The van der Waals surface area contributed by atoms with Gasteiger partial charge in [0.15, 0.2) is 0 Å². The highest BCUT2D eigenvalue weighted by molar-refractivity contribution is 6.28. The molecule has 2 aliphatic rings. The number of allylic oxidation sites excluding steroid dienone is 2. The number of carbonyl (C=O) groups is 4. The molecule has 0 aromatic carbocycles. The molecule has 5 amide bonds. The number of hydrogen-bond acceptors (Lipinski definition) is 7. The number of urea groups is 1. The van der Waals surface area contributed by atoms with Gasteiger partial charge in [0.25, 0.3) is 23.3 Å². The van der Waals surface area contributed by atoms with Gasteiger partial charge in [0, 0.05) is 52.4 Å². The van der Waals surface area contributed by atoms with Crippen LogP contribution in [-0.4, -0.2) is 74.8 Å². The first-order valence-electron chi connectivity index (χ1n) is 10.9. The molecule has 0 radical (unpaired) electrons. The Morgan fingerprint density at radius 2 is 1.43 bits per heavy atom. The Morgan fingerprint density at radius 1 is 0.857 bits per heavy atom. The van der Waals surface area contributed by atoms with Crippen LogP contribution in [-0.2, 0) is 28.5 Å². The third kappa shape index (κ3) is 4.72. The molecule has 2 aliphatic heterocycles. The van der Waals surface area contributed by atoms with E-state index in [9.17, 15) is 33.9 Å². The van der Waals surface area contributed by atoms with E-state index in [1.54, 1.807) is 4.90 Å². The average molecular weight is 484 g/mol. The van der Waals surface area contributed by atoms with Crippen molar-refractivity contribution in [1.82, 2.24) is 23.8 Å². The van der Waals surface area contributed by atoms with Gasteiger partial charge in [0.2, 0.25) is 0 Å². The molecule has 0 bridgehead atoms.